The van der Waals surface area contributed by atoms with E-state index in [2.05, 4.69) is 4.98 Å². The Balaban J connectivity index is 1.63. The van der Waals surface area contributed by atoms with E-state index in [0.29, 0.717) is 32.7 Å². The van der Waals surface area contributed by atoms with E-state index >= 15 is 0 Å². The number of fused-ring (bicyclic) bond motifs is 1. The molecular formula is C15H20N4O3. The molecule has 1 aromatic rings. The molecule has 1 atom stereocenters. The standard InChI is InChI=1S/C15H20N4O3/c1-22-11-14(20)17-6-7-19-13(9-17)10-18(15(19)21)8-12-4-2-3-5-16-12/h2-5,13H,6-11H2,1H3/t13-/m1/s1. The second-order valence-electron chi connectivity index (χ2n) is 5.60. The lowest BCUT2D eigenvalue weighted by Gasteiger charge is -2.36. The fraction of sp³-hybridized carbons (Fsp3) is 0.533. The first kappa shape index (κ1) is 14.8. The molecule has 2 fully saturated rings. The van der Waals surface area contributed by atoms with E-state index in [1.165, 1.54) is 7.11 Å². The van der Waals surface area contributed by atoms with E-state index in [9.17, 15) is 9.59 Å². The summed E-state index contributed by atoms with van der Waals surface area (Å²) in [6, 6.07) is 5.79. The van der Waals surface area contributed by atoms with Crippen LogP contribution in [0.3, 0.4) is 0 Å². The Morgan fingerprint density at radius 1 is 1.36 bits per heavy atom. The van der Waals surface area contributed by atoms with Crippen LogP contribution in [0.2, 0.25) is 0 Å². The number of hydrogen-bond acceptors (Lipinski definition) is 4. The van der Waals surface area contributed by atoms with Gasteiger partial charge in [-0.05, 0) is 12.1 Å². The summed E-state index contributed by atoms with van der Waals surface area (Å²) in [4.78, 5) is 34.1. The van der Waals surface area contributed by atoms with Gasteiger partial charge in [0.05, 0.1) is 18.3 Å². The van der Waals surface area contributed by atoms with E-state index in [-0.39, 0.29) is 24.6 Å². The van der Waals surface area contributed by atoms with E-state index in [0.717, 1.165) is 5.69 Å². The lowest BCUT2D eigenvalue weighted by atomic mass is 10.2. The smallest absolute Gasteiger partial charge is 0.320 e. The summed E-state index contributed by atoms with van der Waals surface area (Å²) in [5.74, 6) is -0.0159. The van der Waals surface area contributed by atoms with Crippen molar-refractivity contribution in [3.8, 4) is 0 Å². The number of carbonyl (C=O) groups is 2. The monoisotopic (exact) mass is 304 g/mol. The van der Waals surface area contributed by atoms with Crippen molar-refractivity contribution in [1.82, 2.24) is 19.7 Å². The lowest BCUT2D eigenvalue weighted by molar-refractivity contribution is -0.137. The van der Waals surface area contributed by atoms with Crippen molar-refractivity contribution in [2.24, 2.45) is 0 Å². The van der Waals surface area contributed by atoms with Gasteiger partial charge in [-0.15, -0.1) is 0 Å². The highest BCUT2D eigenvalue weighted by Crippen LogP contribution is 2.22. The van der Waals surface area contributed by atoms with Crippen molar-refractivity contribution in [1.29, 1.82) is 0 Å². The molecule has 1 aromatic heterocycles. The van der Waals surface area contributed by atoms with Crippen LogP contribution >= 0.6 is 0 Å². The van der Waals surface area contributed by atoms with Gasteiger partial charge in [-0.2, -0.15) is 0 Å². The third-order valence-electron chi connectivity index (χ3n) is 4.13. The molecule has 0 aromatic carbocycles. The summed E-state index contributed by atoms with van der Waals surface area (Å²) >= 11 is 0. The van der Waals surface area contributed by atoms with E-state index in [1.807, 2.05) is 23.1 Å². The van der Waals surface area contributed by atoms with Gasteiger partial charge >= 0.3 is 6.03 Å². The molecule has 0 aliphatic carbocycles. The lowest BCUT2D eigenvalue weighted by Crippen LogP contribution is -2.54. The fourth-order valence-electron chi connectivity index (χ4n) is 3.04. The maximum atomic E-state index is 12.4. The molecule has 0 radical (unpaired) electrons. The minimum Gasteiger partial charge on any atom is -0.375 e. The van der Waals surface area contributed by atoms with Crippen LogP contribution in [0, 0.1) is 0 Å². The predicted molar refractivity (Wildman–Crippen MR) is 79.0 cm³/mol. The Labute approximate surface area is 129 Å². The maximum Gasteiger partial charge on any atom is 0.320 e. The van der Waals surface area contributed by atoms with E-state index in [4.69, 9.17) is 4.74 Å². The molecular weight excluding hydrogens is 284 g/mol. The van der Waals surface area contributed by atoms with Gasteiger partial charge < -0.3 is 19.4 Å². The molecule has 2 saturated heterocycles. The molecule has 3 rings (SSSR count). The molecule has 118 valence electrons. The SMILES string of the molecule is COCC(=O)N1CCN2C(=O)N(Cc3ccccn3)C[C@H]2C1. The van der Waals surface area contributed by atoms with Crippen LogP contribution in [-0.4, -0.2) is 77.6 Å². The van der Waals surface area contributed by atoms with E-state index < -0.39 is 0 Å². The quantitative estimate of drug-likeness (QED) is 0.796. The zero-order valence-electron chi connectivity index (χ0n) is 12.6. The summed E-state index contributed by atoms with van der Waals surface area (Å²) in [5.41, 5.74) is 0.878. The van der Waals surface area contributed by atoms with Gasteiger partial charge in [0, 0.05) is 39.5 Å². The highest BCUT2D eigenvalue weighted by Gasteiger charge is 2.41. The minimum absolute atomic E-state index is 0.0159. The minimum atomic E-state index is -0.0159. The second-order valence-corrected chi connectivity index (χ2v) is 5.60. The van der Waals surface area contributed by atoms with Crippen LogP contribution in [0.15, 0.2) is 24.4 Å². The van der Waals surface area contributed by atoms with Gasteiger partial charge in [-0.25, -0.2) is 4.79 Å². The number of piperazine rings is 1. The number of ether oxygens (including phenoxy) is 1. The Hall–Kier alpha value is -2.15. The van der Waals surface area contributed by atoms with Crippen molar-refractivity contribution < 1.29 is 14.3 Å². The molecule has 0 N–H and O–H groups in total. The summed E-state index contributed by atoms with van der Waals surface area (Å²) in [5, 5.41) is 0. The Morgan fingerprint density at radius 2 is 2.23 bits per heavy atom. The highest BCUT2D eigenvalue weighted by molar-refractivity contribution is 5.80. The summed E-state index contributed by atoms with van der Waals surface area (Å²) in [6.45, 7) is 2.97. The zero-order valence-corrected chi connectivity index (χ0v) is 12.6. The number of amides is 3. The van der Waals surface area contributed by atoms with Crippen LogP contribution in [0.1, 0.15) is 5.69 Å². The summed E-state index contributed by atoms with van der Waals surface area (Å²) < 4.78 is 4.90. The van der Waals surface area contributed by atoms with Crippen LogP contribution in [0.25, 0.3) is 0 Å². The van der Waals surface area contributed by atoms with Crippen molar-refractivity contribution in [2.75, 3.05) is 39.9 Å². The molecule has 0 bridgehead atoms. The predicted octanol–water partition coefficient (Wildman–Crippen LogP) is 0.176. The Morgan fingerprint density at radius 3 is 2.95 bits per heavy atom. The van der Waals surface area contributed by atoms with Crippen molar-refractivity contribution in [3.63, 3.8) is 0 Å². The molecule has 0 saturated carbocycles. The molecule has 22 heavy (non-hydrogen) atoms. The van der Waals surface area contributed by atoms with Gasteiger partial charge in [0.1, 0.15) is 6.61 Å². The second kappa shape index (κ2) is 6.31. The first-order chi connectivity index (χ1) is 10.7. The fourth-order valence-corrected chi connectivity index (χ4v) is 3.04. The number of carbonyl (C=O) groups excluding carboxylic acids is 2. The molecule has 0 spiro atoms. The molecule has 3 amide bonds. The number of methoxy groups -OCH3 is 1. The number of urea groups is 1. The average Bonchev–Trinajstić information content (AvgIpc) is 2.84. The molecule has 0 unspecified atom stereocenters. The first-order valence-electron chi connectivity index (χ1n) is 7.41. The van der Waals surface area contributed by atoms with E-state index in [1.54, 1.807) is 16.0 Å². The first-order valence-corrected chi connectivity index (χ1v) is 7.41. The van der Waals surface area contributed by atoms with Gasteiger partial charge in [-0.1, -0.05) is 6.07 Å². The maximum absolute atomic E-state index is 12.4. The third kappa shape index (κ3) is 2.89. The van der Waals surface area contributed by atoms with Crippen LogP contribution in [0.4, 0.5) is 4.79 Å². The van der Waals surface area contributed by atoms with Crippen LogP contribution < -0.4 is 0 Å². The average molecular weight is 304 g/mol. The van der Waals surface area contributed by atoms with Crippen molar-refractivity contribution in [2.45, 2.75) is 12.6 Å². The van der Waals surface area contributed by atoms with Gasteiger partial charge in [-0.3, -0.25) is 9.78 Å². The molecule has 3 heterocycles. The largest absolute Gasteiger partial charge is 0.375 e. The Kier molecular flexibility index (Phi) is 4.24. The molecule has 2 aliphatic rings. The topological polar surface area (TPSA) is 66.0 Å². The normalized spacial score (nSPS) is 21.2. The van der Waals surface area contributed by atoms with Crippen LogP contribution in [-0.2, 0) is 16.1 Å². The van der Waals surface area contributed by atoms with Crippen molar-refractivity contribution >= 4 is 11.9 Å². The third-order valence-corrected chi connectivity index (χ3v) is 4.13. The summed E-state index contributed by atoms with van der Waals surface area (Å²) in [7, 11) is 1.52. The van der Waals surface area contributed by atoms with Crippen molar-refractivity contribution in [3.05, 3.63) is 30.1 Å². The molecule has 7 heteroatoms. The number of aromatic nitrogens is 1. The zero-order chi connectivity index (χ0) is 15.5. The number of pyridine rings is 1. The number of hydrogen-bond donors (Lipinski definition) is 0. The Bertz CT molecular complexity index is 551. The number of rotatable bonds is 4. The molecule has 7 nitrogen and oxygen atoms in total. The summed E-state index contributed by atoms with van der Waals surface area (Å²) in [6.07, 6.45) is 1.73. The van der Waals surface area contributed by atoms with Gasteiger partial charge in [0.25, 0.3) is 0 Å². The van der Waals surface area contributed by atoms with Gasteiger partial charge in [0.15, 0.2) is 0 Å². The number of nitrogens with zero attached hydrogens (tertiary/aromatic N) is 4. The van der Waals surface area contributed by atoms with Crippen LogP contribution in [0.5, 0.6) is 0 Å². The highest BCUT2D eigenvalue weighted by atomic mass is 16.5. The molecule has 2 aliphatic heterocycles. The van der Waals surface area contributed by atoms with Gasteiger partial charge in [0.2, 0.25) is 5.91 Å².